The number of aryl methyl sites for hydroxylation is 1. The highest BCUT2D eigenvalue weighted by Gasteiger charge is 2.15. The van der Waals surface area contributed by atoms with Crippen molar-refractivity contribution in [2.24, 2.45) is 7.05 Å². The molecule has 0 radical (unpaired) electrons. The molecule has 0 saturated carbocycles. The molecule has 0 aliphatic carbocycles. The highest BCUT2D eigenvalue weighted by molar-refractivity contribution is 9.10. The van der Waals surface area contributed by atoms with Crippen LogP contribution in [0.2, 0.25) is 0 Å². The molecule has 0 fully saturated rings. The molecule has 6 nitrogen and oxygen atoms in total. The number of para-hydroxylation sites is 1. The van der Waals surface area contributed by atoms with Gasteiger partial charge < -0.3 is 14.6 Å². The minimum absolute atomic E-state index is 0.0200. The quantitative estimate of drug-likeness (QED) is 0.503. The fourth-order valence-corrected chi connectivity index (χ4v) is 3.66. The Bertz CT molecular complexity index is 1020. The Morgan fingerprint density at radius 1 is 1.28 bits per heavy atom. The van der Waals surface area contributed by atoms with E-state index >= 15 is 0 Å². The van der Waals surface area contributed by atoms with E-state index in [9.17, 15) is 13.6 Å². The van der Waals surface area contributed by atoms with Crippen LogP contribution in [0.4, 0.5) is 14.5 Å². The highest BCUT2D eigenvalue weighted by Crippen LogP contribution is 2.27. The van der Waals surface area contributed by atoms with Crippen LogP contribution in [0.5, 0.6) is 5.75 Å². The molecule has 0 aliphatic heterocycles. The second-order valence-electron chi connectivity index (χ2n) is 6.09. The number of thioether (sulfide) groups is 1. The molecule has 0 aliphatic rings. The third kappa shape index (κ3) is 5.33. The second-order valence-corrected chi connectivity index (χ2v) is 7.89. The zero-order valence-electron chi connectivity index (χ0n) is 15.6. The first-order chi connectivity index (χ1) is 13.8. The number of hydrogen-bond acceptors (Lipinski definition) is 5. The van der Waals surface area contributed by atoms with Crippen molar-refractivity contribution in [1.29, 1.82) is 0 Å². The molecule has 10 heteroatoms. The highest BCUT2D eigenvalue weighted by atomic mass is 79.9. The van der Waals surface area contributed by atoms with Gasteiger partial charge in [0.15, 0.2) is 16.8 Å². The molecular formula is C19H17BrF2N4O2S. The van der Waals surface area contributed by atoms with Crippen LogP contribution < -0.4 is 10.1 Å². The van der Waals surface area contributed by atoms with Crippen molar-refractivity contribution in [3.05, 3.63) is 63.9 Å². The Balaban J connectivity index is 1.57. The molecule has 3 rings (SSSR count). The number of nitrogens with zero attached hydrogens (tertiary/aromatic N) is 3. The van der Waals surface area contributed by atoms with E-state index in [0.29, 0.717) is 17.0 Å². The number of nitrogens with one attached hydrogen (secondary N) is 1. The van der Waals surface area contributed by atoms with Gasteiger partial charge in [0.1, 0.15) is 18.2 Å². The fraction of sp³-hybridized carbons (Fsp3) is 0.211. The molecule has 0 atom stereocenters. The Morgan fingerprint density at radius 3 is 2.76 bits per heavy atom. The topological polar surface area (TPSA) is 69.0 Å². The lowest BCUT2D eigenvalue weighted by molar-refractivity contribution is -0.113. The lowest BCUT2D eigenvalue weighted by atomic mass is 10.2. The Morgan fingerprint density at radius 2 is 2.03 bits per heavy atom. The zero-order valence-corrected chi connectivity index (χ0v) is 18.0. The minimum Gasteiger partial charge on any atom is -0.485 e. The first kappa shape index (κ1) is 21.3. The van der Waals surface area contributed by atoms with Crippen molar-refractivity contribution in [1.82, 2.24) is 14.8 Å². The van der Waals surface area contributed by atoms with Crippen LogP contribution in [0.25, 0.3) is 0 Å². The largest absolute Gasteiger partial charge is 0.485 e. The summed E-state index contributed by atoms with van der Waals surface area (Å²) in [5.41, 5.74) is 0.905. The number of anilines is 1. The number of halogens is 3. The van der Waals surface area contributed by atoms with E-state index in [2.05, 4.69) is 31.4 Å². The summed E-state index contributed by atoms with van der Waals surface area (Å²) in [6.07, 6.45) is 0. The number of carbonyl (C=O) groups excluding carboxylic acids is 1. The van der Waals surface area contributed by atoms with Crippen LogP contribution in [0, 0.1) is 18.6 Å². The number of hydrogen-bond donors (Lipinski definition) is 1. The third-order valence-electron chi connectivity index (χ3n) is 3.98. The van der Waals surface area contributed by atoms with Crippen molar-refractivity contribution in [2.75, 3.05) is 11.1 Å². The monoisotopic (exact) mass is 482 g/mol. The van der Waals surface area contributed by atoms with Gasteiger partial charge in [-0.3, -0.25) is 4.79 Å². The molecule has 3 aromatic rings. The van der Waals surface area contributed by atoms with Gasteiger partial charge in [-0.25, -0.2) is 8.78 Å². The van der Waals surface area contributed by atoms with Gasteiger partial charge in [-0.15, -0.1) is 10.2 Å². The minimum atomic E-state index is -0.857. The molecule has 1 heterocycles. The van der Waals surface area contributed by atoms with E-state index in [0.717, 1.165) is 29.1 Å². The normalized spacial score (nSPS) is 10.8. The summed E-state index contributed by atoms with van der Waals surface area (Å²) in [7, 11) is 1.77. The van der Waals surface area contributed by atoms with Gasteiger partial charge in [-0.2, -0.15) is 0 Å². The number of aromatic nitrogens is 3. The number of benzene rings is 2. The number of amides is 1. The molecular weight excluding hydrogens is 466 g/mol. The van der Waals surface area contributed by atoms with E-state index in [-0.39, 0.29) is 22.5 Å². The summed E-state index contributed by atoms with van der Waals surface area (Å²) < 4.78 is 34.6. The third-order valence-corrected chi connectivity index (χ3v) is 5.62. The molecule has 152 valence electrons. The van der Waals surface area contributed by atoms with E-state index in [4.69, 9.17) is 4.74 Å². The van der Waals surface area contributed by atoms with Crippen molar-refractivity contribution in [3.63, 3.8) is 0 Å². The van der Waals surface area contributed by atoms with Crippen LogP contribution in [0.15, 0.2) is 46.0 Å². The van der Waals surface area contributed by atoms with Crippen LogP contribution in [-0.2, 0) is 18.4 Å². The molecule has 1 N–H and O–H groups in total. The second kappa shape index (κ2) is 9.36. The summed E-state index contributed by atoms with van der Waals surface area (Å²) >= 11 is 4.18. The summed E-state index contributed by atoms with van der Waals surface area (Å²) in [6, 6.07) is 9.43. The van der Waals surface area contributed by atoms with Gasteiger partial charge in [0, 0.05) is 17.6 Å². The Kier molecular flexibility index (Phi) is 6.86. The SMILES string of the molecule is Cc1ccccc1OCc1nnc(SCC(=O)Nc2c(F)cc(F)cc2Br)n1C. The average molecular weight is 483 g/mol. The van der Waals surface area contributed by atoms with Crippen molar-refractivity contribution in [3.8, 4) is 5.75 Å². The van der Waals surface area contributed by atoms with Crippen LogP contribution in [-0.4, -0.2) is 26.4 Å². The molecule has 0 saturated heterocycles. The Labute approximate surface area is 178 Å². The summed E-state index contributed by atoms with van der Waals surface area (Å²) in [5.74, 6) is -0.708. The van der Waals surface area contributed by atoms with Crippen molar-refractivity contribution < 1.29 is 18.3 Å². The number of carbonyl (C=O) groups is 1. The van der Waals surface area contributed by atoms with Crippen LogP contribution in [0.3, 0.4) is 0 Å². The molecule has 1 amide bonds. The van der Waals surface area contributed by atoms with Crippen LogP contribution in [0.1, 0.15) is 11.4 Å². The zero-order chi connectivity index (χ0) is 21.0. The predicted molar refractivity (Wildman–Crippen MR) is 110 cm³/mol. The maximum Gasteiger partial charge on any atom is 0.234 e. The fourth-order valence-electron chi connectivity index (χ4n) is 2.42. The van der Waals surface area contributed by atoms with Gasteiger partial charge in [-0.1, -0.05) is 30.0 Å². The lowest BCUT2D eigenvalue weighted by Gasteiger charge is -2.09. The summed E-state index contributed by atoms with van der Waals surface area (Å²) in [6.45, 7) is 2.18. The first-order valence-corrected chi connectivity index (χ1v) is 10.3. The van der Waals surface area contributed by atoms with Gasteiger partial charge >= 0.3 is 0 Å². The molecule has 1 aromatic heterocycles. The van der Waals surface area contributed by atoms with Gasteiger partial charge in [0.05, 0.1) is 11.4 Å². The molecule has 2 aromatic carbocycles. The Hall–Kier alpha value is -2.46. The van der Waals surface area contributed by atoms with E-state index in [1.807, 2.05) is 31.2 Å². The standard InChI is InChI=1S/C19H17BrF2N4O2S/c1-11-5-3-4-6-15(11)28-9-16-24-25-19(26(16)2)29-10-17(27)23-18-13(20)7-12(21)8-14(18)22/h3-8H,9-10H2,1-2H3,(H,23,27). The molecule has 0 bridgehead atoms. The van der Waals surface area contributed by atoms with E-state index in [1.54, 1.807) is 11.6 Å². The van der Waals surface area contributed by atoms with Gasteiger partial charge in [0.2, 0.25) is 5.91 Å². The lowest BCUT2D eigenvalue weighted by Crippen LogP contribution is -2.16. The maximum absolute atomic E-state index is 13.8. The molecule has 0 unspecified atom stereocenters. The van der Waals surface area contributed by atoms with E-state index < -0.39 is 17.5 Å². The van der Waals surface area contributed by atoms with E-state index in [1.165, 1.54) is 0 Å². The van der Waals surface area contributed by atoms with Crippen molar-refractivity contribution in [2.45, 2.75) is 18.7 Å². The maximum atomic E-state index is 13.8. The van der Waals surface area contributed by atoms with Gasteiger partial charge in [-0.05, 0) is 40.5 Å². The number of ether oxygens (including phenoxy) is 1. The summed E-state index contributed by atoms with van der Waals surface area (Å²) in [5, 5.41) is 11.1. The first-order valence-electron chi connectivity index (χ1n) is 8.49. The van der Waals surface area contributed by atoms with Crippen molar-refractivity contribution >= 4 is 39.3 Å². The molecule has 0 spiro atoms. The average Bonchev–Trinajstić information content (AvgIpc) is 3.02. The smallest absolute Gasteiger partial charge is 0.234 e. The van der Waals surface area contributed by atoms with Gasteiger partial charge in [0.25, 0.3) is 0 Å². The summed E-state index contributed by atoms with van der Waals surface area (Å²) in [4.78, 5) is 12.1. The number of rotatable bonds is 7. The predicted octanol–water partition coefficient (Wildman–Crippen LogP) is 4.47. The van der Waals surface area contributed by atoms with Crippen LogP contribution >= 0.6 is 27.7 Å². The molecule has 29 heavy (non-hydrogen) atoms.